The number of hydrogen-bond donors (Lipinski definition) is 3. The van der Waals surface area contributed by atoms with Crippen LogP contribution in [0.3, 0.4) is 0 Å². The number of nitrogens with one attached hydrogen (secondary N) is 2. The first-order chi connectivity index (χ1) is 13.2. The molecule has 1 aromatic carbocycles. The molecule has 10 heteroatoms. The van der Waals surface area contributed by atoms with Gasteiger partial charge in [-0.1, -0.05) is 30.3 Å². The van der Waals surface area contributed by atoms with E-state index in [1.165, 1.54) is 0 Å². The number of carbonyl (C=O) groups excluding carboxylic acids is 1. The number of carboxylic acid groups (broad SMARTS) is 1. The molecule has 152 valence electrons. The number of alkyl halides is 3. The largest absolute Gasteiger partial charge is 0.490 e. The number of hydrogen-bond acceptors (Lipinski definition) is 4. The van der Waals surface area contributed by atoms with E-state index in [0.29, 0.717) is 18.2 Å². The summed E-state index contributed by atoms with van der Waals surface area (Å²) < 4.78 is 37.1. The first-order valence-electron chi connectivity index (χ1n) is 8.29. The van der Waals surface area contributed by atoms with Gasteiger partial charge in [0.25, 0.3) is 0 Å². The van der Waals surface area contributed by atoms with Gasteiger partial charge in [-0.05, 0) is 35.7 Å². The molecule has 28 heavy (non-hydrogen) atoms. The van der Waals surface area contributed by atoms with Crippen LogP contribution in [0.25, 0.3) is 0 Å². The second-order valence-corrected chi connectivity index (χ2v) is 6.36. The highest BCUT2D eigenvalue weighted by molar-refractivity contribution is 6.28. The summed E-state index contributed by atoms with van der Waals surface area (Å²) >= 11 is 5.77. The highest BCUT2D eigenvalue weighted by Gasteiger charge is 2.38. The normalized spacial score (nSPS) is 19.4. The molecule has 2 atom stereocenters. The van der Waals surface area contributed by atoms with Crippen molar-refractivity contribution in [2.45, 2.75) is 37.6 Å². The maximum Gasteiger partial charge on any atom is 0.490 e. The number of furan rings is 1. The van der Waals surface area contributed by atoms with Gasteiger partial charge in [-0.15, -0.1) is 0 Å². The van der Waals surface area contributed by atoms with Crippen molar-refractivity contribution >= 4 is 23.5 Å². The molecule has 0 spiro atoms. The Labute approximate surface area is 163 Å². The number of amides is 1. The molecule has 1 fully saturated rings. The third-order valence-electron chi connectivity index (χ3n) is 3.97. The molecular weight excluding hydrogens is 401 g/mol. The number of piperidine rings is 1. The van der Waals surface area contributed by atoms with Crippen molar-refractivity contribution in [3.05, 3.63) is 59.0 Å². The number of rotatable bonds is 4. The fraction of sp³-hybridized carbons (Fsp3) is 0.333. The quantitative estimate of drug-likeness (QED) is 0.704. The van der Waals surface area contributed by atoms with Gasteiger partial charge in [-0.25, -0.2) is 4.79 Å². The summed E-state index contributed by atoms with van der Waals surface area (Å²) in [4.78, 5) is 20.6. The summed E-state index contributed by atoms with van der Waals surface area (Å²) in [7, 11) is 0. The Kier molecular flexibility index (Phi) is 7.47. The van der Waals surface area contributed by atoms with Crippen molar-refractivity contribution in [3.63, 3.8) is 0 Å². The van der Waals surface area contributed by atoms with E-state index in [2.05, 4.69) is 10.6 Å². The van der Waals surface area contributed by atoms with Gasteiger partial charge < -0.3 is 20.2 Å². The van der Waals surface area contributed by atoms with E-state index in [0.717, 1.165) is 17.7 Å². The van der Waals surface area contributed by atoms with E-state index < -0.39 is 12.1 Å². The number of halogens is 4. The fourth-order valence-corrected chi connectivity index (χ4v) is 2.84. The van der Waals surface area contributed by atoms with Crippen LogP contribution in [-0.4, -0.2) is 29.2 Å². The summed E-state index contributed by atoms with van der Waals surface area (Å²) in [5.41, 5.74) is 1.11. The summed E-state index contributed by atoms with van der Waals surface area (Å²) in [6.07, 6.45) is -3.74. The Hall–Kier alpha value is -2.52. The third-order valence-corrected chi connectivity index (χ3v) is 4.17. The van der Waals surface area contributed by atoms with E-state index in [9.17, 15) is 18.0 Å². The van der Waals surface area contributed by atoms with Crippen LogP contribution in [0, 0.1) is 0 Å². The van der Waals surface area contributed by atoms with Crippen LogP contribution in [0.2, 0.25) is 5.22 Å². The molecule has 0 radical (unpaired) electrons. The Morgan fingerprint density at radius 2 is 1.89 bits per heavy atom. The smallest absolute Gasteiger partial charge is 0.475 e. The predicted octanol–water partition coefficient (Wildman–Crippen LogP) is 3.68. The monoisotopic (exact) mass is 418 g/mol. The van der Waals surface area contributed by atoms with Crippen molar-refractivity contribution in [2.75, 3.05) is 0 Å². The molecule has 2 aromatic rings. The summed E-state index contributed by atoms with van der Waals surface area (Å²) in [6.45, 7) is 0.594. The number of carboxylic acids is 1. The lowest BCUT2D eigenvalue weighted by molar-refractivity contribution is -0.192. The first-order valence-corrected chi connectivity index (χ1v) is 8.66. The third kappa shape index (κ3) is 6.58. The Morgan fingerprint density at radius 3 is 2.43 bits per heavy atom. The molecule has 0 saturated carbocycles. The second-order valence-electron chi connectivity index (χ2n) is 5.99. The topological polar surface area (TPSA) is 91.6 Å². The van der Waals surface area contributed by atoms with Crippen LogP contribution in [-0.2, 0) is 16.1 Å². The number of carbonyl (C=O) groups is 2. The van der Waals surface area contributed by atoms with Crippen LogP contribution < -0.4 is 10.6 Å². The summed E-state index contributed by atoms with van der Waals surface area (Å²) in [5.74, 6) is -1.86. The van der Waals surface area contributed by atoms with E-state index >= 15 is 0 Å². The van der Waals surface area contributed by atoms with Gasteiger partial charge in [0, 0.05) is 12.5 Å². The lowest BCUT2D eigenvalue weighted by Crippen LogP contribution is -2.48. The van der Waals surface area contributed by atoms with E-state index in [1.54, 1.807) is 6.07 Å². The van der Waals surface area contributed by atoms with Gasteiger partial charge in [0.05, 0.1) is 12.6 Å². The molecule has 1 saturated heterocycles. The first kappa shape index (κ1) is 21.8. The van der Waals surface area contributed by atoms with Gasteiger partial charge in [0.2, 0.25) is 5.91 Å². The summed E-state index contributed by atoms with van der Waals surface area (Å²) in [5, 5.41) is 14.0. The molecule has 1 aliphatic rings. The zero-order valence-corrected chi connectivity index (χ0v) is 15.3. The Bertz CT molecular complexity index is 796. The zero-order chi connectivity index (χ0) is 20.7. The molecule has 6 nitrogen and oxygen atoms in total. The molecule has 1 aliphatic heterocycles. The summed E-state index contributed by atoms with van der Waals surface area (Å²) in [6, 6.07) is 13.8. The standard InChI is InChI=1S/C16H17ClN2O2.C2HF3O2/c17-14-8-6-12(21-14)10-18-13-7-9-15(20)19-16(13)11-4-2-1-3-5-11;3-2(4,5)1(6)7/h1-6,8,13,16,18H,7,9-10H2,(H,19,20);(H,6,7)/t13-,16+;/m1./s1. The maximum absolute atomic E-state index is 11.7. The van der Waals surface area contributed by atoms with Crippen molar-refractivity contribution in [2.24, 2.45) is 0 Å². The van der Waals surface area contributed by atoms with Gasteiger partial charge in [-0.2, -0.15) is 13.2 Å². The molecular formula is C18H18ClF3N2O4. The Morgan fingerprint density at radius 1 is 1.25 bits per heavy atom. The van der Waals surface area contributed by atoms with E-state index in [4.69, 9.17) is 25.9 Å². The minimum Gasteiger partial charge on any atom is -0.475 e. The van der Waals surface area contributed by atoms with Gasteiger partial charge in [-0.3, -0.25) is 4.79 Å². The van der Waals surface area contributed by atoms with Crippen molar-refractivity contribution in [3.8, 4) is 0 Å². The second kappa shape index (κ2) is 9.61. The minimum absolute atomic E-state index is 0.0158. The Balaban J connectivity index is 0.000000345. The molecule has 1 amide bonds. The molecule has 0 bridgehead atoms. The number of aliphatic carboxylic acids is 1. The lowest BCUT2D eigenvalue weighted by Gasteiger charge is -2.33. The van der Waals surface area contributed by atoms with Crippen molar-refractivity contribution in [1.29, 1.82) is 0 Å². The average Bonchev–Trinajstić information content (AvgIpc) is 3.06. The van der Waals surface area contributed by atoms with Gasteiger partial charge in [0.15, 0.2) is 5.22 Å². The van der Waals surface area contributed by atoms with E-state index in [-0.39, 0.29) is 18.0 Å². The zero-order valence-electron chi connectivity index (χ0n) is 14.5. The minimum atomic E-state index is -5.08. The van der Waals surface area contributed by atoms with Crippen LogP contribution in [0.15, 0.2) is 46.9 Å². The lowest BCUT2D eigenvalue weighted by atomic mass is 9.92. The van der Waals surface area contributed by atoms with Crippen LogP contribution >= 0.6 is 11.6 Å². The van der Waals surface area contributed by atoms with Crippen molar-refractivity contribution in [1.82, 2.24) is 10.6 Å². The predicted molar refractivity (Wildman–Crippen MR) is 94.6 cm³/mol. The molecule has 2 heterocycles. The van der Waals surface area contributed by atoms with Crippen LogP contribution in [0.5, 0.6) is 0 Å². The maximum atomic E-state index is 11.7. The highest BCUT2D eigenvalue weighted by atomic mass is 35.5. The highest BCUT2D eigenvalue weighted by Crippen LogP contribution is 2.24. The average molecular weight is 419 g/mol. The molecule has 3 rings (SSSR count). The fourth-order valence-electron chi connectivity index (χ4n) is 2.67. The van der Waals surface area contributed by atoms with Crippen LogP contribution in [0.1, 0.15) is 30.2 Å². The van der Waals surface area contributed by atoms with Gasteiger partial charge >= 0.3 is 12.1 Å². The molecule has 0 aliphatic carbocycles. The molecule has 0 unspecified atom stereocenters. The van der Waals surface area contributed by atoms with Crippen LogP contribution in [0.4, 0.5) is 13.2 Å². The number of benzene rings is 1. The molecule has 1 aromatic heterocycles. The molecule has 3 N–H and O–H groups in total. The SMILES string of the molecule is O=C(O)C(F)(F)F.O=C1CC[C@@H](NCc2ccc(Cl)o2)[C@H](c2ccccc2)N1. The van der Waals surface area contributed by atoms with Crippen molar-refractivity contribution < 1.29 is 32.3 Å². The van der Waals surface area contributed by atoms with E-state index in [1.807, 2.05) is 36.4 Å². The van der Waals surface area contributed by atoms with Gasteiger partial charge in [0.1, 0.15) is 5.76 Å².